The quantitative estimate of drug-likeness (QED) is 0.395. The summed E-state index contributed by atoms with van der Waals surface area (Å²) < 4.78 is 0. The zero-order valence-electron chi connectivity index (χ0n) is 14.8. The van der Waals surface area contributed by atoms with Crippen molar-refractivity contribution in [1.29, 1.82) is 0 Å². The molecular weight excluding hydrogens is 256 g/mol. The van der Waals surface area contributed by atoms with Crippen molar-refractivity contribution in [2.24, 2.45) is 17.8 Å². The van der Waals surface area contributed by atoms with Crippen molar-refractivity contribution < 1.29 is 4.79 Å². The summed E-state index contributed by atoms with van der Waals surface area (Å²) in [4.78, 5) is 12.6. The highest BCUT2D eigenvalue weighted by atomic mass is 16.1. The fourth-order valence-electron chi connectivity index (χ4n) is 4.10. The van der Waals surface area contributed by atoms with Crippen LogP contribution in [0.2, 0.25) is 0 Å². The van der Waals surface area contributed by atoms with E-state index in [2.05, 4.69) is 20.8 Å². The van der Waals surface area contributed by atoms with Crippen molar-refractivity contribution in [3.8, 4) is 0 Å². The number of unbranched alkanes of at least 4 members (excludes halogenated alkanes) is 6. The fourth-order valence-corrected chi connectivity index (χ4v) is 4.10. The Balaban J connectivity index is 2.23. The molecule has 21 heavy (non-hydrogen) atoms. The maximum absolute atomic E-state index is 12.6. The van der Waals surface area contributed by atoms with E-state index in [0.717, 1.165) is 12.8 Å². The standard InChI is InChI=1S/C20H38O/c1-4-5-6-7-8-9-13-16-19(21)20(17(2)3)18-14-11-10-12-15-18/h17-18,20H,4-16H2,1-3H3. The Bertz CT molecular complexity index is 263. The van der Waals surface area contributed by atoms with Gasteiger partial charge in [-0.2, -0.15) is 0 Å². The summed E-state index contributed by atoms with van der Waals surface area (Å²) in [6, 6.07) is 0. The van der Waals surface area contributed by atoms with Crippen LogP contribution in [0.1, 0.15) is 104 Å². The minimum atomic E-state index is 0.352. The summed E-state index contributed by atoms with van der Waals surface area (Å²) in [6.07, 6.45) is 16.6. The lowest BCUT2D eigenvalue weighted by molar-refractivity contribution is -0.126. The highest BCUT2D eigenvalue weighted by molar-refractivity contribution is 5.81. The molecule has 0 spiro atoms. The second-order valence-corrected chi connectivity index (χ2v) is 7.51. The number of hydrogen-bond donors (Lipinski definition) is 0. The van der Waals surface area contributed by atoms with E-state index in [0.29, 0.717) is 23.5 Å². The van der Waals surface area contributed by atoms with Gasteiger partial charge in [0.15, 0.2) is 0 Å². The molecule has 0 amide bonds. The van der Waals surface area contributed by atoms with Gasteiger partial charge in [-0.05, 0) is 31.1 Å². The minimum absolute atomic E-state index is 0.352. The molecule has 124 valence electrons. The summed E-state index contributed by atoms with van der Waals surface area (Å²) in [5.74, 6) is 2.15. The Morgan fingerprint density at radius 1 is 0.905 bits per heavy atom. The van der Waals surface area contributed by atoms with Crippen molar-refractivity contribution in [3.05, 3.63) is 0 Å². The molecule has 0 heterocycles. The first-order chi connectivity index (χ1) is 10.2. The molecule has 1 unspecified atom stereocenters. The van der Waals surface area contributed by atoms with Gasteiger partial charge < -0.3 is 0 Å². The summed E-state index contributed by atoms with van der Waals surface area (Å²) in [5.41, 5.74) is 0. The maximum atomic E-state index is 12.6. The number of hydrogen-bond acceptors (Lipinski definition) is 1. The lowest BCUT2D eigenvalue weighted by Gasteiger charge is -2.32. The molecule has 1 atom stereocenters. The molecule has 0 aliphatic heterocycles. The van der Waals surface area contributed by atoms with Crippen LogP contribution in [-0.2, 0) is 4.79 Å². The molecule has 0 saturated heterocycles. The largest absolute Gasteiger partial charge is 0.299 e. The minimum Gasteiger partial charge on any atom is -0.299 e. The van der Waals surface area contributed by atoms with Crippen molar-refractivity contribution in [1.82, 2.24) is 0 Å². The second-order valence-electron chi connectivity index (χ2n) is 7.51. The van der Waals surface area contributed by atoms with Gasteiger partial charge >= 0.3 is 0 Å². The van der Waals surface area contributed by atoms with Gasteiger partial charge in [0.1, 0.15) is 5.78 Å². The highest BCUT2D eigenvalue weighted by Crippen LogP contribution is 2.35. The van der Waals surface area contributed by atoms with Gasteiger partial charge in [0.05, 0.1) is 0 Å². The molecule has 1 aliphatic carbocycles. The molecule has 0 bridgehead atoms. The van der Waals surface area contributed by atoms with E-state index in [4.69, 9.17) is 0 Å². The van der Waals surface area contributed by atoms with Crippen LogP contribution in [0.5, 0.6) is 0 Å². The molecule has 1 saturated carbocycles. The summed E-state index contributed by atoms with van der Waals surface area (Å²) in [7, 11) is 0. The Hall–Kier alpha value is -0.330. The van der Waals surface area contributed by atoms with E-state index in [9.17, 15) is 4.79 Å². The third-order valence-electron chi connectivity index (χ3n) is 5.27. The number of carbonyl (C=O) groups is 1. The van der Waals surface area contributed by atoms with Crippen LogP contribution in [0.4, 0.5) is 0 Å². The van der Waals surface area contributed by atoms with Gasteiger partial charge in [0.2, 0.25) is 0 Å². The van der Waals surface area contributed by atoms with Gasteiger partial charge in [0, 0.05) is 12.3 Å². The van der Waals surface area contributed by atoms with Crippen LogP contribution < -0.4 is 0 Å². The van der Waals surface area contributed by atoms with Gasteiger partial charge in [0.25, 0.3) is 0 Å². The van der Waals surface area contributed by atoms with E-state index >= 15 is 0 Å². The molecule has 1 aliphatic rings. The summed E-state index contributed by atoms with van der Waals surface area (Å²) in [6.45, 7) is 6.76. The Morgan fingerprint density at radius 2 is 1.48 bits per heavy atom. The third kappa shape index (κ3) is 7.47. The Labute approximate surface area is 133 Å². The van der Waals surface area contributed by atoms with E-state index < -0.39 is 0 Å². The smallest absolute Gasteiger partial charge is 0.136 e. The second kappa shape index (κ2) is 11.3. The zero-order valence-corrected chi connectivity index (χ0v) is 14.8. The van der Waals surface area contributed by atoms with Gasteiger partial charge in [-0.25, -0.2) is 0 Å². The predicted octanol–water partition coefficient (Wildman–Crippen LogP) is 6.55. The average molecular weight is 295 g/mol. The first-order valence-corrected chi connectivity index (χ1v) is 9.69. The van der Waals surface area contributed by atoms with E-state index in [-0.39, 0.29) is 0 Å². The fraction of sp³-hybridized carbons (Fsp3) is 0.950. The van der Waals surface area contributed by atoms with E-state index in [1.807, 2.05) is 0 Å². The van der Waals surface area contributed by atoms with Crippen LogP contribution in [0, 0.1) is 17.8 Å². The summed E-state index contributed by atoms with van der Waals surface area (Å²) in [5, 5.41) is 0. The van der Waals surface area contributed by atoms with Crippen molar-refractivity contribution in [3.63, 3.8) is 0 Å². The zero-order chi connectivity index (χ0) is 15.5. The van der Waals surface area contributed by atoms with Gasteiger partial charge in [-0.15, -0.1) is 0 Å². The molecule has 1 fully saturated rings. The van der Waals surface area contributed by atoms with Crippen LogP contribution in [-0.4, -0.2) is 5.78 Å². The molecule has 0 aromatic heterocycles. The van der Waals surface area contributed by atoms with E-state index in [1.165, 1.54) is 70.6 Å². The number of Topliss-reactive ketones (excluding diaryl/α,β-unsaturated/α-hetero) is 1. The molecule has 1 nitrogen and oxygen atoms in total. The SMILES string of the molecule is CCCCCCCCCC(=O)C(C(C)C)C1CCCCC1. The first-order valence-electron chi connectivity index (χ1n) is 9.69. The molecule has 0 aromatic carbocycles. The predicted molar refractivity (Wildman–Crippen MR) is 92.5 cm³/mol. The van der Waals surface area contributed by atoms with Crippen LogP contribution in [0.3, 0.4) is 0 Å². The van der Waals surface area contributed by atoms with Crippen molar-refractivity contribution in [2.45, 2.75) is 104 Å². The first kappa shape index (κ1) is 18.7. The Kier molecular flexibility index (Phi) is 10.0. The van der Waals surface area contributed by atoms with Crippen molar-refractivity contribution in [2.75, 3.05) is 0 Å². The van der Waals surface area contributed by atoms with E-state index in [1.54, 1.807) is 0 Å². The lowest BCUT2D eigenvalue weighted by Crippen LogP contribution is -2.30. The average Bonchev–Trinajstić information content (AvgIpc) is 2.47. The molecule has 1 rings (SSSR count). The molecule has 0 radical (unpaired) electrons. The molecular formula is C20H38O. The van der Waals surface area contributed by atoms with Gasteiger partial charge in [-0.1, -0.05) is 78.6 Å². The normalized spacial score (nSPS) is 18.1. The number of ketones is 1. The topological polar surface area (TPSA) is 17.1 Å². The summed E-state index contributed by atoms with van der Waals surface area (Å²) >= 11 is 0. The molecule has 0 aromatic rings. The molecule has 1 heteroatoms. The molecule has 0 N–H and O–H groups in total. The van der Waals surface area contributed by atoms with Crippen LogP contribution >= 0.6 is 0 Å². The van der Waals surface area contributed by atoms with Crippen LogP contribution in [0.15, 0.2) is 0 Å². The van der Waals surface area contributed by atoms with Gasteiger partial charge in [-0.3, -0.25) is 4.79 Å². The Morgan fingerprint density at radius 3 is 2.05 bits per heavy atom. The van der Waals surface area contributed by atoms with Crippen molar-refractivity contribution >= 4 is 5.78 Å². The monoisotopic (exact) mass is 294 g/mol. The lowest BCUT2D eigenvalue weighted by atomic mass is 9.72. The maximum Gasteiger partial charge on any atom is 0.136 e. The highest BCUT2D eigenvalue weighted by Gasteiger charge is 2.31. The number of rotatable bonds is 11. The van der Waals surface area contributed by atoms with Crippen LogP contribution in [0.25, 0.3) is 0 Å². The number of carbonyl (C=O) groups excluding carboxylic acids is 1. The third-order valence-corrected chi connectivity index (χ3v) is 5.27.